The number of hydrogen-bond donors (Lipinski definition) is 0. The van der Waals surface area contributed by atoms with Crippen molar-refractivity contribution in [3.8, 4) is 10.6 Å². The van der Waals surface area contributed by atoms with Crippen molar-refractivity contribution >= 4 is 28.1 Å². The van der Waals surface area contributed by atoms with E-state index in [1.807, 2.05) is 10.7 Å². The van der Waals surface area contributed by atoms with Crippen LogP contribution >= 0.6 is 23.1 Å². The third-order valence-electron chi connectivity index (χ3n) is 2.31. The van der Waals surface area contributed by atoms with Crippen molar-refractivity contribution in [2.24, 2.45) is 0 Å². The van der Waals surface area contributed by atoms with Gasteiger partial charge in [-0.1, -0.05) is 23.5 Å². The highest BCUT2D eigenvalue weighted by Crippen LogP contribution is 2.26. The Kier molecular flexibility index (Phi) is 2.41. The molecular formula is C11H9N3S2. The summed E-state index contributed by atoms with van der Waals surface area (Å²) in [6, 6.07) is 8.43. The van der Waals surface area contributed by atoms with Crippen molar-refractivity contribution in [1.82, 2.24) is 14.6 Å². The van der Waals surface area contributed by atoms with Crippen molar-refractivity contribution < 1.29 is 0 Å². The SMILES string of the molecule is CSc1ccc(-c2nn3ccnc3s2)cc1. The van der Waals surface area contributed by atoms with Crippen LogP contribution in [0.3, 0.4) is 0 Å². The normalized spacial score (nSPS) is 11.1. The lowest BCUT2D eigenvalue weighted by molar-refractivity contribution is 0.978. The second kappa shape index (κ2) is 3.92. The average Bonchev–Trinajstić information content (AvgIpc) is 2.89. The van der Waals surface area contributed by atoms with Crippen LogP contribution in [0.2, 0.25) is 0 Å². The molecule has 0 unspecified atom stereocenters. The molecular weight excluding hydrogens is 238 g/mol. The number of imidazole rings is 1. The zero-order valence-electron chi connectivity index (χ0n) is 8.62. The number of nitrogens with zero attached hydrogens (tertiary/aromatic N) is 3. The number of fused-ring (bicyclic) bond motifs is 1. The first kappa shape index (κ1) is 9.86. The van der Waals surface area contributed by atoms with Gasteiger partial charge >= 0.3 is 0 Å². The van der Waals surface area contributed by atoms with E-state index in [4.69, 9.17) is 0 Å². The van der Waals surface area contributed by atoms with E-state index in [9.17, 15) is 0 Å². The highest BCUT2D eigenvalue weighted by Gasteiger charge is 2.06. The van der Waals surface area contributed by atoms with E-state index in [0.29, 0.717) is 0 Å². The molecule has 0 radical (unpaired) electrons. The van der Waals surface area contributed by atoms with Crippen molar-refractivity contribution in [2.75, 3.05) is 6.26 Å². The van der Waals surface area contributed by atoms with Gasteiger partial charge in [-0.15, -0.1) is 11.8 Å². The number of benzene rings is 1. The van der Waals surface area contributed by atoms with Crippen LogP contribution in [0.15, 0.2) is 41.6 Å². The molecule has 2 heterocycles. The Morgan fingerprint density at radius 1 is 1.25 bits per heavy atom. The summed E-state index contributed by atoms with van der Waals surface area (Å²) < 4.78 is 1.81. The Morgan fingerprint density at radius 2 is 2.06 bits per heavy atom. The third-order valence-corrected chi connectivity index (χ3v) is 4.04. The fourth-order valence-corrected chi connectivity index (χ4v) is 2.76. The lowest BCUT2D eigenvalue weighted by Crippen LogP contribution is -1.81. The first-order valence-corrected chi connectivity index (χ1v) is 6.85. The van der Waals surface area contributed by atoms with E-state index in [-0.39, 0.29) is 0 Å². The average molecular weight is 247 g/mol. The molecule has 0 aliphatic rings. The van der Waals surface area contributed by atoms with Crippen LogP contribution in [0.4, 0.5) is 0 Å². The molecule has 0 amide bonds. The largest absolute Gasteiger partial charge is 0.226 e. The van der Waals surface area contributed by atoms with Crippen LogP contribution in [0, 0.1) is 0 Å². The predicted molar refractivity (Wildman–Crippen MR) is 68.1 cm³/mol. The lowest BCUT2D eigenvalue weighted by atomic mass is 10.2. The molecule has 1 aromatic carbocycles. The van der Waals surface area contributed by atoms with Crippen molar-refractivity contribution in [2.45, 2.75) is 4.90 Å². The summed E-state index contributed by atoms with van der Waals surface area (Å²) in [4.78, 5) is 6.42. The number of aromatic nitrogens is 3. The highest BCUT2D eigenvalue weighted by molar-refractivity contribution is 7.98. The molecule has 0 bridgehead atoms. The Morgan fingerprint density at radius 3 is 2.75 bits per heavy atom. The van der Waals surface area contributed by atoms with Gasteiger partial charge in [-0.2, -0.15) is 5.10 Å². The van der Waals surface area contributed by atoms with E-state index in [0.717, 1.165) is 15.5 Å². The molecule has 0 aliphatic heterocycles. The molecule has 80 valence electrons. The summed E-state index contributed by atoms with van der Waals surface area (Å²) in [5, 5.41) is 5.47. The van der Waals surface area contributed by atoms with Crippen LogP contribution in [0.1, 0.15) is 0 Å². The van der Waals surface area contributed by atoms with Gasteiger partial charge < -0.3 is 0 Å². The zero-order valence-corrected chi connectivity index (χ0v) is 10.3. The summed E-state index contributed by atoms with van der Waals surface area (Å²) in [6.07, 6.45) is 5.71. The molecule has 16 heavy (non-hydrogen) atoms. The molecule has 2 aromatic heterocycles. The van der Waals surface area contributed by atoms with Gasteiger partial charge in [0, 0.05) is 16.7 Å². The van der Waals surface area contributed by atoms with E-state index < -0.39 is 0 Å². The standard InChI is InChI=1S/C11H9N3S2/c1-15-9-4-2-8(3-5-9)10-13-14-7-6-12-11(14)16-10/h2-7H,1H3. The maximum absolute atomic E-state index is 4.46. The number of thioether (sulfide) groups is 1. The fraction of sp³-hybridized carbons (Fsp3) is 0.0909. The van der Waals surface area contributed by atoms with Crippen molar-refractivity contribution in [3.05, 3.63) is 36.7 Å². The van der Waals surface area contributed by atoms with E-state index in [2.05, 4.69) is 40.6 Å². The molecule has 5 heteroatoms. The molecule has 0 atom stereocenters. The van der Waals surface area contributed by atoms with Crippen LogP contribution in [-0.2, 0) is 0 Å². The summed E-state index contributed by atoms with van der Waals surface area (Å²) in [6.45, 7) is 0. The van der Waals surface area contributed by atoms with Gasteiger partial charge in [0.2, 0.25) is 4.96 Å². The molecule has 0 fully saturated rings. The Bertz CT molecular complexity index is 581. The van der Waals surface area contributed by atoms with Crippen molar-refractivity contribution in [1.29, 1.82) is 0 Å². The Balaban J connectivity index is 2.05. The predicted octanol–water partition coefficient (Wildman–Crippen LogP) is 3.18. The monoisotopic (exact) mass is 247 g/mol. The summed E-state index contributed by atoms with van der Waals surface area (Å²) in [5.74, 6) is 0. The fourth-order valence-electron chi connectivity index (χ4n) is 1.49. The summed E-state index contributed by atoms with van der Waals surface area (Å²) >= 11 is 3.35. The van der Waals surface area contributed by atoms with Crippen LogP contribution < -0.4 is 0 Å². The van der Waals surface area contributed by atoms with Gasteiger partial charge in [0.05, 0.1) is 6.20 Å². The zero-order chi connectivity index (χ0) is 11.0. The molecule has 3 aromatic rings. The lowest BCUT2D eigenvalue weighted by Gasteiger charge is -1.97. The van der Waals surface area contributed by atoms with Gasteiger partial charge in [0.25, 0.3) is 0 Å². The molecule has 0 spiro atoms. The Hall–Kier alpha value is -1.33. The minimum Gasteiger partial charge on any atom is -0.226 e. The van der Waals surface area contributed by atoms with Gasteiger partial charge in [-0.25, -0.2) is 9.50 Å². The van der Waals surface area contributed by atoms with Crippen molar-refractivity contribution in [3.63, 3.8) is 0 Å². The summed E-state index contributed by atoms with van der Waals surface area (Å²) in [5.41, 5.74) is 1.15. The smallest absolute Gasteiger partial charge is 0.212 e. The van der Waals surface area contributed by atoms with Gasteiger partial charge in [-0.3, -0.25) is 0 Å². The van der Waals surface area contributed by atoms with E-state index in [1.54, 1.807) is 29.3 Å². The first-order valence-electron chi connectivity index (χ1n) is 4.81. The molecule has 3 rings (SSSR count). The van der Waals surface area contributed by atoms with E-state index >= 15 is 0 Å². The molecule has 0 saturated heterocycles. The number of rotatable bonds is 2. The first-order chi connectivity index (χ1) is 7.86. The van der Waals surface area contributed by atoms with Crippen LogP contribution in [-0.4, -0.2) is 20.9 Å². The second-order valence-corrected chi connectivity index (χ2v) is 5.13. The van der Waals surface area contributed by atoms with Crippen LogP contribution in [0.5, 0.6) is 0 Å². The van der Waals surface area contributed by atoms with Crippen LogP contribution in [0.25, 0.3) is 15.5 Å². The van der Waals surface area contributed by atoms with E-state index in [1.165, 1.54) is 4.90 Å². The molecule has 0 aliphatic carbocycles. The Labute approximate surface area is 101 Å². The second-order valence-electron chi connectivity index (χ2n) is 3.29. The highest BCUT2D eigenvalue weighted by atomic mass is 32.2. The summed E-state index contributed by atoms with van der Waals surface area (Å²) in [7, 11) is 0. The van der Waals surface area contributed by atoms with Gasteiger partial charge in [0.15, 0.2) is 0 Å². The van der Waals surface area contributed by atoms with Gasteiger partial charge in [-0.05, 0) is 18.4 Å². The maximum Gasteiger partial charge on any atom is 0.212 e. The molecule has 0 N–H and O–H groups in total. The topological polar surface area (TPSA) is 30.2 Å². The minimum absolute atomic E-state index is 0.934. The minimum atomic E-state index is 0.934. The number of hydrogen-bond acceptors (Lipinski definition) is 4. The quantitative estimate of drug-likeness (QED) is 0.651. The maximum atomic E-state index is 4.46. The third kappa shape index (κ3) is 1.62. The van der Waals surface area contributed by atoms with Gasteiger partial charge in [0.1, 0.15) is 5.01 Å². The molecule has 0 saturated carbocycles. The molecule has 3 nitrogen and oxygen atoms in total.